The normalized spacial score (nSPS) is 18.9. The van der Waals surface area contributed by atoms with Gasteiger partial charge in [-0.05, 0) is 26.0 Å². The molecule has 7 heteroatoms. The SMILES string of the molecule is CCC(C(=O)N1CCN(c2cc(N3CCN(C)CC3)nc(C)n2)CC1)c1ccccc1. The molecule has 2 fully saturated rings. The molecule has 1 aromatic heterocycles. The van der Waals surface area contributed by atoms with Gasteiger partial charge in [-0.3, -0.25) is 4.79 Å². The average molecular weight is 423 g/mol. The Bertz CT molecular complexity index is 873. The molecule has 1 atom stereocenters. The lowest BCUT2D eigenvalue weighted by atomic mass is 9.95. The van der Waals surface area contributed by atoms with E-state index in [0.717, 1.165) is 81.8 Å². The molecule has 31 heavy (non-hydrogen) atoms. The molecule has 7 nitrogen and oxygen atoms in total. The molecule has 1 amide bonds. The predicted octanol–water partition coefficient (Wildman–Crippen LogP) is 2.38. The van der Waals surface area contributed by atoms with E-state index in [1.165, 1.54) is 0 Å². The zero-order valence-corrected chi connectivity index (χ0v) is 19.0. The van der Waals surface area contributed by atoms with E-state index in [1.807, 2.05) is 30.0 Å². The number of aromatic nitrogens is 2. The van der Waals surface area contributed by atoms with E-state index >= 15 is 0 Å². The second-order valence-corrected chi connectivity index (χ2v) is 8.61. The Morgan fingerprint density at radius 1 is 0.903 bits per heavy atom. The van der Waals surface area contributed by atoms with Gasteiger partial charge in [-0.1, -0.05) is 37.3 Å². The molecule has 0 bridgehead atoms. The fourth-order valence-electron chi connectivity index (χ4n) is 4.51. The third kappa shape index (κ3) is 4.98. The number of aryl methyl sites for hydroxylation is 1. The monoisotopic (exact) mass is 422 g/mol. The molecule has 166 valence electrons. The van der Waals surface area contributed by atoms with E-state index in [1.54, 1.807) is 0 Å². The molecule has 4 rings (SSSR count). The van der Waals surface area contributed by atoms with E-state index in [-0.39, 0.29) is 11.8 Å². The molecule has 2 saturated heterocycles. The molecule has 1 unspecified atom stereocenters. The Morgan fingerprint density at radius 2 is 1.45 bits per heavy atom. The highest BCUT2D eigenvalue weighted by Crippen LogP contribution is 2.25. The topological polar surface area (TPSA) is 55.8 Å². The van der Waals surface area contributed by atoms with Crippen molar-refractivity contribution in [3.63, 3.8) is 0 Å². The van der Waals surface area contributed by atoms with Gasteiger partial charge in [-0.15, -0.1) is 0 Å². The van der Waals surface area contributed by atoms with Crippen LogP contribution in [0.5, 0.6) is 0 Å². The summed E-state index contributed by atoms with van der Waals surface area (Å²) in [6.07, 6.45) is 0.822. The van der Waals surface area contributed by atoms with Crippen LogP contribution in [-0.4, -0.2) is 85.1 Å². The lowest BCUT2D eigenvalue weighted by Gasteiger charge is -2.38. The molecular formula is C24H34N6O. The number of hydrogen-bond donors (Lipinski definition) is 0. The maximum atomic E-state index is 13.2. The summed E-state index contributed by atoms with van der Waals surface area (Å²) in [4.78, 5) is 31.6. The fourth-order valence-corrected chi connectivity index (χ4v) is 4.51. The zero-order chi connectivity index (χ0) is 21.8. The van der Waals surface area contributed by atoms with Crippen molar-refractivity contribution in [2.24, 2.45) is 0 Å². The van der Waals surface area contributed by atoms with Gasteiger partial charge in [0.15, 0.2) is 0 Å². The number of carbonyl (C=O) groups excluding carboxylic acids is 1. The number of likely N-dealkylation sites (N-methyl/N-ethyl adjacent to an activating group) is 1. The summed E-state index contributed by atoms with van der Waals surface area (Å²) in [5.41, 5.74) is 1.11. The summed E-state index contributed by atoms with van der Waals surface area (Å²) in [5.74, 6) is 2.98. The third-order valence-corrected chi connectivity index (χ3v) is 6.46. The summed E-state index contributed by atoms with van der Waals surface area (Å²) in [6.45, 7) is 11.2. The maximum Gasteiger partial charge on any atom is 0.230 e. The van der Waals surface area contributed by atoms with E-state index in [2.05, 4.69) is 46.9 Å². The molecule has 0 aliphatic carbocycles. The fraction of sp³-hybridized carbons (Fsp3) is 0.542. The first-order chi connectivity index (χ1) is 15.0. The van der Waals surface area contributed by atoms with Crippen LogP contribution in [0.1, 0.15) is 30.7 Å². The first-order valence-corrected chi connectivity index (χ1v) is 11.4. The van der Waals surface area contributed by atoms with Gasteiger partial charge in [0, 0.05) is 58.4 Å². The van der Waals surface area contributed by atoms with E-state index < -0.39 is 0 Å². The van der Waals surface area contributed by atoms with Gasteiger partial charge in [0.2, 0.25) is 5.91 Å². The van der Waals surface area contributed by atoms with Crippen molar-refractivity contribution in [3.8, 4) is 0 Å². The second kappa shape index (κ2) is 9.64. The van der Waals surface area contributed by atoms with Gasteiger partial charge in [0.05, 0.1) is 5.92 Å². The summed E-state index contributed by atoms with van der Waals surface area (Å²) in [5, 5.41) is 0. The van der Waals surface area contributed by atoms with Crippen LogP contribution in [0.2, 0.25) is 0 Å². The van der Waals surface area contributed by atoms with Crippen molar-refractivity contribution in [2.45, 2.75) is 26.2 Å². The van der Waals surface area contributed by atoms with E-state index in [0.29, 0.717) is 0 Å². The van der Waals surface area contributed by atoms with Gasteiger partial charge < -0.3 is 19.6 Å². The van der Waals surface area contributed by atoms with Crippen LogP contribution >= 0.6 is 0 Å². The number of anilines is 2. The Hall–Kier alpha value is -2.67. The van der Waals surface area contributed by atoms with Gasteiger partial charge in [0.25, 0.3) is 0 Å². The minimum absolute atomic E-state index is 0.0575. The molecular weight excluding hydrogens is 388 g/mol. The minimum Gasteiger partial charge on any atom is -0.354 e. The highest BCUT2D eigenvalue weighted by atomic mass is 16.2. The van der Waals surface area contributed by atoms with Gasteiger partial charge in [0.1, 0.15) is 17.5 Å². The van der Waals surface area contributed by atoms with Crippen LogP contribution < -0.4 is 9.80 Å². The lowest BCUT2D eigenvalue weighted by Crippen LogP contribution is -2.50. The van der Waals surface area contributed by atoms with Crippen LogP contribution in [0, 0.1) is 6.92 Å². The predicted molar refractivity (Wildman–Crippen MR) is 125 cm³/mol. The number of rotatable bonds is 5. The number of piperazine rings is 2. The van der Waals surface area contributed by atoms with Crippen molar-refractivity contribution >= 4 is 17.5 Å². The second-order valence-electron chi connectivity index (χ2n) is 8.61. The zero-order valence-electron chi connectivity index (χ0n) is 19.0. The molecule has 1 aromatic carbocycles. The Morgan fingerprint density at radius 3 is 2.00 bits per heavy atom. The highest BCUT2D eigenvalue weighted by Gasteiger charge is 2.28. The Balaban J connectivity index is 1.41. The molecule has 2 aliphatic heterocycles. The molecule has 2 aliphatic rings. The average Bonchev–Trinajstić information content (AvgIpc) is 2.80. The van der Waals surface area contributed by atoms with Crippen LogP contribution in [0.3, 0.4) is 0 Å². The van der Waals surface area contributed by atoms with Crippen molar-refractivity contribution in [3.05, 3.63) is 47.8 Å². The van der Waals surface area contributed by atoms with Crippen LogP contribution in [-0.2, 0) is 4.79 Å². The summed E-state index contributed by atoms with van der Waals surface area (Å²) < 4.78 is 0. The van der Waals surface area contributed by atoms with Crippen LogP contribution in [0.15, 0.2) is 36.4 Å². The largest absolute Gasteiger partial charge is 0.354 e. The van der Waals surface area contributed by atoms with E-state index in [4.69, 9.17) is 9.97 Å². The van der Waals surface area contributed by atoms with Crippen LogP contribution in [0.4, 0.5) is 11.6 Å². The van der Waals surface area contributed by atoms with Crippen molar-refractivity contribution in [1.29, 1.82) is 0 Å². The molecule has 3 heterocycles. The summed E-state index contributed by atoms with van der Waals surface area (Å²) in [7, 11) is 2.16. The maximum absolute atomic E-state index is 13.2. The Labute approximate surface area is 185 Å². The van der Waals surface area contributed by atoms with Gasteiger partial charge in [-0.25, -0.2) is 9.97 Å². The quantitative estimate of drug-likeness (QED) is 0.738. The smallest absolute Gasteiger partial charge is 0.230 e. The van der Waals surface area contributed by atoms with E-state index in [9.17, 15) is 4.79 Å². The number of carbonyl (C=O) groups is 1. The third-order valence-electron chi connectivity index (χ3n) is 6.46. The Kier molecular flexibility index (Phi) is 6.70. The highest BCUT2D eigenvalue weighted by molar-refractivity contribution is 5.84. The molecule has 0 saturated carbocycles. The first kappa shape index (κ1) is 21.6. The molecule has 0 spiro atoms. The van der Waals surface area contributed by atoms with Crippen molar-refractivity contribution in [2.75, 3.05) is 69.2 Å². The number of benzene rings is 1. The summed E-state index contributed by atoms with van der Waals surface area (Å²) in [6, 6.07) is 12.3. The standard InChI is InChI=1S/C24H34N6O/c1-4-21(20-8-6-5-7-9-20)24(31)30-16-14-29(15-17-30)23-18-22(25-19(2)26-23)28-12-10-27(3)11-13-28/h5-9,18,21H,4,10-17H2,1-3H3. The van der Waals surface area contributed by atoms with Crippen molar-refractivity contribution < 1.29 is 4.79 Å². The molecule has 0 N–H and O–H groups in total. The summed E-state index contributed by atoms with van der Waals surface area (Å²) >= 11 is 0. The minimum atomic E-state index is -0.0575. The molecule has 2 aromatic rings. The van der Waals surface area contributed by atoms with Gasteiger partial charge >= 0.3 is 0 Å². The number of hydrogen-bond acceptors (Lipinski definition) is 6. The van der Waals surface area contributed by atoms with Crippen LogP contribution in [0.25, 0.3) is 0 Å². The lowest BCUT2D eigenvalue weighted by molar-refractivity contribution is -0.133. The first-order valence-electron chi connectivity index (χ1n) is 11.4. The molecule has 0 radical (unpaired) electrons. The van der Waals surface area contributed by atoms with Crippen molar-refractivity contribution in [1.82, 2.24) is 19.8 Å². The number of nitrogens with zero attached hydrogens (tertiary/aromatic N) is 6. The number of amides is 1. The van der Waals surface area contributed by atoms with Gasteiger partial charge in [-0.2, -0.15) is 0 Å².